The molecule has 2 N–H and O–H groups in total. The van der Waals surface area contributed by atoms with Crippen molar-refractivity contribution in [2.75, 3.05) is 30.6 Å². The zero-order valence-corrected chi connectivity index (χ0v) is 17.5. The minimum absolute atomic E-state index is 0.179. The van der Waals surface area contributed by atoms with Gasteiger partial charge in [-0.2, -0.15) is 0 Å². The number of carbonyl (C=O) groups excluding carboxylic acids is 1. The molecule has 0 spiro atoms. The fraction of sp³-hybridized carbons (Fsp3) is 0.381. The highest BCUT2D eigenvalue weighted by molar-refractivity contribution is 7.92. The first-order valence-electron chi connectivity index (χ1n) is 9.46. The van der Waals surface area contributed by atoms with Crippen LogP contribution >= 0.6 is 0 Å². The van der Waals surface area contributed by atoms with E-state index >= 15 is 0 Å². The van der Waals surface area contributed by atoms with Gasteiger partial charge in [0.1, 0.15) is 0 Å². The average Bonchev–Trinajstić information content (AvgIpc) is 2.66. The molecule has 0 heterocycles. The van der Waals surface area contributed by atoms with Crippen molar-refractivity contribution in [2.45, 2.75) is 26.3 Å². The molecule has 0 fully saturated rings. The Labute approximate surface area is 168 Å². The smallest absolute Gasteiger partial charge is 0.251 e. The molecule has 0 aromatic heterocycles. The van der Waals surface area contributed by atoms with E-state index in [4.69, 9.17) is 0 Å². The molecule has 1 amide bonds. The number of nitrogens with zero attached hydrogens (tertiary/aromatic N) is 1. The maximum atomic E-state index is 12.6. The normalized spacial score (nSPS) is 12.6. The second-order valence-electron chi connectivity index (χ2n) is 6.73. The Morgan fingerprint density at radius 1 is 1.04 bits per heavy atom. The van der Waals surface area contributed by atoms with Gasteiger partial charge in [0.2, 0.25) is 10.0 Å². The molecule has 2 aromatic carbocycles. The summed E-state index contributed by atoms with van der Waals surface area (Å²) in [5.74, 6) is -0.220. The summed E-state index contributed by atoms with van der Waals surface area (Å²) in [5, 5.41) is 3.00. The van der Waals surface area contributed by atoms with Crippen molar-refractivity contribution in [2.24, 2.45) is 0 Å². The monoisotopic (exact) mass is 403 g/mol. The van der Waals surface area contributed by atoms with Crippen LogP contribution in [0.3, 0.4) is 0 Å². The van der Waals surface area contributed by atoms with Gasteiger partial charge in [0.05, 0.1) is 6.26 Å². The molecule has 6 nitrogen and oxygen atoms in total. The summed E-state index contributed by atoms with van der Waals surface area (Å²) in [6.07, 6.45) is 1.93. The highest BCUT2D eigenvalue weighted by Crippen LogP contribution is 2.13. The molecule has 0 radical (unpaired) electrons. The number of hydrogen-bond donors (Lipinski definition) is 2. The van der Waals surface area contributed by atoms with Crippen LogP contribution in [0.25, 0.3) is 0 Å². The number of nitrogens with one attached hydrogen (secondary N) is 2. The third-order valence-electron chi connectivity index (χ3n) is 4.57. The van der Waals surface area contributed by atoms with Crippen LogP contribution in [0.1, 0.15) is 29.8 Å². The quantitative estimate of drug-likeness (QED) is 0.639. The van der Waals surface area contributed by atoms with E-state index in [1.165, 1.54) is 5.56 Å². The molecule has 1 atom stereocenters. The Bertz CT molecular complexity index is 865. The first kappa shape index (κ1) is 21.9. The predicted molar refractivity (Wildman–Crippen MR) is 114 cm³/mol. The number of carbonyl (C=O) groups is 1. The molecular formula is C21H29N3O3S. The van der Waals surface area contributed by atoms with Gasteiger partial charge in [0.25, 0.3) is 5.91 Å². The summed E-state index contributed by atoms with van der Waals surface area (Å²) in [7, 11) is -3.39. The van der Waals surface area contributed by atoms with Crippen molar-refractivity contribution in [3.8, 4) is 0 Å². The van der Waals surface area contributed by atoms with E-state index in [-0.39, 0.29) is 11.9 Å². The third-order valence-corrected chi connectivity index (χ3v) is 5.18. The van der Waals surface area contributed by atoms with Crippen molar-refractivity contribution >= 4 is 21.6 Å². The predicted octanol–water partition coefficient (Wildman–Crippen LogP) is 2.74. The van der Waals surface area contributed by atoms with Crippen LogP contribution in [-0.4, -0.2) is 51.2 Å². The minimum atomic E-state index is -3.39. The molecule has 7 heteroatoms. The Morgan fingerprint density at radius 2 is 1.71 bits per heavy atom. The van der Waals surface area contributed by atoms with Gasteiger partial charge in [-0.15, -0.1) is 0 Å². The van der Waals surface area contributed by atoms with Gasteiger partial charge in [0.15, 0.2) is 0 Å². The molecule has 0 aliphatic rings. The van der Waals surface area contributed by atoms with E-state index < -0.39 is 10.0 Å². The lowest BCUT2D eigenvalue weighted by atomic mass is 10.0. The molecular weight excluding hydrogens is 374 g/mol. The molecule has 152 valence electrons. The van der Waals surface area contributed by atoms with E-state index in [2.05, 4.69) is 40.9 Å². The van der Waals surface area contributed by atoms with Crippen molar-refractivity contribution in [3.05, 3.63) is 65.7 Å². The number of likely N-dealkylation sites (N-methyl/N-ethyl adjacent to an activating group) is 1. The standard InChI is InChI=1S/C21H29N3O3S/c1-4-24(5-2)20(14-17-10-7-6-8-11-17)16-22-21(25)18-12-9-13-19(15-18)23-28(3,26)27/h6-13,15,20,23H,4-5,14,16H2,1-3H3,(H,22,25)/t20-/m1/s1. The van der Waals surface area contributed by atoms with Gasteiger partial charge in [0, 0.05) is 23.8 Å². The van der Waals surface area contributed by atoms with Crippen molar-refractivity contribution in [1.29, 1.82) is 0 Å². The van der Waals surface area contributed by atoms with Crippen LogP contribution in [0.5, 0.6) is 0 Å². The van der Waals surface area contributed by atoms with Gasteiger partial charge in [-0.25, -0.2) is 8.42 Å². The van der Waals surface area contributed by atoms with Gasteiger partial charge < -0.3 is 5.32 Å². The Hall–Kier alpha value is -2.38. The first-order chi connectivity index (χ1) is 13.3. The average molecular weight is 404 g/mol. The summed E-state index contributed by atoms with van der Waals surface area (Å²) >= 11 is 0. The zero-order chi connectivity index (χ0) is 20.6. The number of hydrogen-bond acceptors (Lipinski definition) is 4. The summed E-state index contributed by atoms with van der Waals surface area (Å²) in [6, 6.07) is 16.9. The molecule has 0 bridgehead atoms. The largest absolute Gasteiger partial charge is 0.350 e. The SMILES string of the molecule is CCN(CC)[C@@H](CNC(=O)c1cccc(NS(C)(=O)=O)c1)Cc1ccccc1. The molecule has 0 aliphatic heterocycles. The molecule has 0 saturated heterocycles. The molecule has 28 heavy (non-hydrogen) atoms. The van der Waals surface area contributed by atoms with Gasteiger partial charge in [-0.1, -0.05) is 50.2 Å². The minimum Gasteiger partial charge on any atom is -0.350 e. The highest BCUT2D eigenvalue weighted by Gasteiger charge is 2.18. The summed E-state index contributed by atoms with van der Waals surface area (Å²) in [5.41, 5.74) is 2.03. The number of amides is 1. The maximum Gasteiger partial charge on any atom is 0.251 e. The van der Waals surface area contributed by atoms with Crippen LogP contribution in [0.4, 0.5) is 5.69 Å². The third kappa shape index (κ3) is 6.98. The van der Waals surface area contributed by atoms with E-state index in [0.29, 0.717) is 17.8 Å². The van der Waals surface area contributed by atoms with Gasteiger partial charge in [-0.3, -0.25) is 14.4 Å². The Kier molecular flexibility index (Phi) is 8.02. The van der Waals surface area contributed by atoms with E-state index in [1.807, 2.05) is 18.2 Å². The van der Waals surface area contributed by atoms with Gasteiger partial charge in [-0.05, 0) is 43.3 Å². The highest BCUT2D eigenvalue weighted by atomic mass is 32.2. The summed E-state index contributed by atoms with van der Waals surface area (Å²) in [4.78, 5) is 14.9. The second kappa shape index (κ2) is 10.2. The summed E-state index contributed by atoms with van der Waals surface area (Å²) in [6.45, 7) is 6.54. The van der Waals surface area contributed by atoms with Crippen molar-refractivity contribution in [1.82, 2.24) is 10.2 Å². The van der Waals surface area contributed by atoms with Crippen molar-refractivity contribution in [3.63, 3.8) is 0 Å². The molecule has 2 aromatic rings. The van der Waals surface area contributed by atoms with Crippen LogP contribution in [0, 0.1) is 0 Å². The molecule has 0 unspecified atom stereocenters. The lowest BCUT2D eigenvalue weighted by molar-refractivity contribution is 0.0934. The number of rotatable bonds is 10. The maximum absolute atomic E-state index is 12.6. The fourth-order valence-corrected chi connectivity index (χ4v) is 3.76. The molecule has 0 aliphatic carbocycles. The number of benzene rings is 2. The number of sulfonamides is 1. The van der Waals surface area contributed by atoms with Crippen LogP contribution < -0.4 is 10.0 Å². The molecule has 0 saturated carbocycles. The van der Waals surface area contributed by atoms with Crippen LogP contribution in [0.2, 0.25) is 0 Å². The Morgan fingerprint density at radius 3 is 2.32 bits per heavy atom. The van der Waals surface area contributed by atoms with Gasteiger partial charge >= 0.3 is 0 Å². The lowest BCUT2D eigenvalue weighted by Gasteiger charge is -2.30. The van der Waals surface area contributed by atoms with Crippen molar-refractivity contribution < 1.29 is 13.2 Å². The fourth-order valence-electron chi connectivity index (χ4n) is 3.21. The number of anilines is 1. The van der Waals surface area contributed by atoms with E-state index in [0.717, 1.165) is 25.8 Å². The lowest BCUT2D eigenvalue weighted by Crippen LogP contribution is -2.45. The first-order valence-corrected chi connectivity index (χ1v) is 11.4. The second-order valence-corrected chi connectivity index (χ2v) is 8.48. The van der Waals surface area contributed by atoms with Crippen LogP contribution in [0.15, 0.2) is 54.6 Å². The topological polar surface area (TPSA) is 78.5 Å². The molecule has 2 rings (SSSR count). The van der Waals surface area contributed by atoms with E-state index in [1.54, 1.807) is 24.3 Å². The Balaban J connectivity index is 2.07. The van der Waals surface area contributed by atoms with E-state index in [9.17, 15) is 13.2 Å². The summed E-state index contributed by atoms with van der Waals surface area (Å²) < 4.78 is 25.2. The zero-order valence-electron chi connectivity index (χ0n) is 16.7. The van der Waals surface area contributed by atoms with Crippen LogP contribution in [-0.2, 0) is 16.4 Å².